The van der Waals surface area contributed by atoms with E-state index in [9.17, 15) is 0 Å². The van der Waals surface area contributed by atoms with Crippen molar-refractivity contribution in [1.82, 2.24) is 0 Å². The van der Waals surface area contributed by atoms with Crippen LogP contribution in [0.4, 0.5) is 0 Å². The van der Waals surface area contributed by atoms with Crippen LogP contribution >= 0.6 is 0 Å². The molecule has 1 rings (SSSR count). The van der Waals surface area contributed by atoms with Gasteiger partial charge in [-0.25, -0.2) is 0 Å². The summed E-state index contributed by atoms with van der Waals surface area (Å²) in [7, 11) is 0. The molecule has 0 spiro atoms. The first-order chi connectivity index (χ1) is 7.31. The smallest absolute Gasteiger partial charge is 0.161 e. The highest BCUT2D eigenvalue weighted by Crippen LogP contribution is 2.23. The Morgan fingerprint density at radius 3 is 2.80 bits per heavy atom. The monoisotopic (exact) mass is 206 g/mol. The summed E-state index contributed by atoms with van der Waals surface area (Å²) in [5, 5.41) is 0. The minimum absolute atomic E-state index is 0.152. The molecule has 1 unspecified atom stereocenters. The van der Waals surface area contributed by atoms with Gasteiger partial charge in [0.15, 0.2) is 11.5 Å². The summed E-state index contributed by atoms with van der Waals surface area (Å²) in [6.07, 6.45) is 10.4. The van der Waals surface area contributed by atoms with Gasteiger partial charge in [0.2, 0.25) is 0 Å². The van der Waals surface area contributed by atoms with Crippen LogP contribution in [0.5, 0.6) is 0 Å². The van der Waals surface area contributed by atoms with E-state index < -0.39 is 0 Å². The van der Waals surface area contributed by atoms with Crippen LogP contribution in [-0.2, 0) is 9.47 Å². The maximum absolute atomic E-state index is 5.75. The van der Waals surface area contributed by atoms with E-state index in [4.69, 9.17) is 9.47 Å². The third-order valence-electron chi connectivity index (χ3n) is 2.13. The predicted octanol–water partition coefficient (Wildman–Crippen LogP) is 3.34. The quantitative estimate of drug-likeness (QED) is 0.705. The molecule has 0 N–H and O–H groups in total. The van der Waals surface area contributed by atoms with Gasteiger partial charge in [-0.3, -0.25) is 0 Å². The van der Waals surface area contributed by atoms with Crippen molar-refractivity contribution in [3.63, 3.8) is 0 Å². The third kappa shape index (κ3) is 3.31. The maximum atomic E-state index is 5.75. The van der Waals surface area contributed by atoms with Crippen LogP contribution in [0.3, 0.4) is 0 Å². The Labute approximate surface area is 91.6 Å². The second-order valence-electron chi connectivity index (χ2n) is 3.28. The van der Waals surface area contributed by atoms with E-state index in [1.165, 1.54) is 0 Å². The predicted molar refractivity (Wildman–Crippen MR) is 62.3 cm³/mol. The summed E-state index contributed by atoms with van der Waals surface area (Å²) in [6, 6.07) is 0. The zero-order chi connectivity index (χ0) is 11.1. The second-order valence-corrected chi connectivity index (χ2v) is 3.28. The molecular formula is C13H18O2. The summed E-state index contributed by atoms with van der Waals surface area (Å²) in [5.41, 5.74) is 0. The Kier molecular flexibility index (Phi) is 4.75. The molecule has 0 aromatic heterocycles. The Morgan fingerprint density at radius 2 is 2.20 bits per heavy atom. The topological polar surface area (TPSA) is 18.5 Å². The number of allylic oxidation sites excluding steroid dienone is 5. The molecule has 1 aliphatic rings. The highest BCUT2D eigenvalue weighted by molar-refractivity contribution is 5.28. The van der Waals surface area contributed by atoms with Gasteiger partial charge in [0.05, 0.1) is 0 Å². The molecule has 1 fully saturated rings. The lowest BCUT2D eigenvalue weighted by molar-refractivity contribution is -0.00829. The lowest BCUT2D eigenvalue weighted by Gasteiger charge is -2.27. The van der Waals surface area contributed by atoms with Crippen molar-refractivity contribution in [3.8, 4) is 0 Å². The summed E-state index contributed by atoms with van der Waals surface area (Å²) < 4.78 is 11.4. The van der Waals surface area contributed by atoms with Gasteiger partial charge < -0.3 is 9.47 Å². The largest absolute Gasteiger partial charge is 0.486 e. The van der Waals surface area contributed by atoms with Crippen LogP contribution in [0.25, 0.3) is 0 Å². The van der Waals surface area contributed by atoms with Gasteiger partial charge in [-0.1, -0.05) is 31.7 Å². The number of hydrogen-bond donors (Lipinski definition) is 0. The molecule has 0 amide bonds. The lowest BCUT2D eigenvalue weighted by Crippen LogP contribution is -2.25. The molecule has 2 heteroatoms. The molecule has 0 bridgehead atoms. The van der Waals surface area contributed by atoms with Crippen molar-refractivity contribution in [2.24, 2.45) is 0 Å². The Bertz CT molecular complexity index is 298. The Morgan fingerprint density at radius 1 is 1.40 bits per heavy atom. The van der Waals surface area contributed by atoms with Gasteiger partial charge in [0, 0.05) is 0 Å². The Balaban J connectivity index is 2.80. The zero-order valence-corrected chi connectivity index (χ0v) is 9.40. The standard InChI is InChI=1S/C13H18O2/c1-4-7-9-12-13(8-5-2)15-11(6-3)10-14-12/h4-5,7-9,11H,2,6,10H2,1,3H3/b7-4-,12-9+,13-8+. The second kappa shape index (κ2) is 6.12. The van der Waals surface area contributed by atoms with Crippen molar-refractivity contribution >= 4 is 0 Å². The number of rotatable bonds is 3. The molecule has 1 atom stereocenters. The van der Waals surface area contributed by atoms with Crippen LogP contribution in [0.15, 0.2) is 48.5 Å². The fourth-order valence-corrected chi connectivity index (χ4v) is 1.27. The minimum Gasteiger partial charge on any atom is -0.486 e. The summed E-state index contributed by atoms with van der Waals surface area (Å²) in [5.74, 6) is 1.54. The molecule has 0 aromatic rings. The van der Waals surface area contributed by atoms with Crippen LogP contribution in [0.2, 0.25) is 0 Å². The molecule has 82 valence electrons. The first kappa shape index (κ1) is 11.6. The summed E-state index contributed by atoms with van der Waals surface area (Å²) in [6.45, 7) is 8.33. The van der Waals surface area contributed by atoms with Gasteiger partial charge in [-0.2, -0.15) is 0 Å². The van der Waals surface area contributed by atoms with Gasteiger partial charge in [-0.05, 0) is 25.5 Å². The van der Waals surface area contributed by atoms with Gasteiger partial charge in [0.1, 0.15) is 12.7 Å². The Hall–Kier alpha value is -1.44. The van der Waals surface area contributed by atoms with Gasteiger partial charge in [0.25, 0.3) is 0 Å². The van der Waals surface area contributed by atoms with Crippen molar-refractivity contribution in [2.45, 2.75) is 26.4 Å². The first-order valence-electron chi connectivity index (χ1n) is 5.27. The van der Waals surface area contributed by atoms with E-state index in [2.05, 4.69) is 13.5 Å². The lowest BCUT2D eigenvalue weighted by atomic mass is 10.2. The highest BCUT2D eigenvalue weighted by atomic mass is 16.6. The average molecular weight is 206 g/mol. The van der Waals surface area contributed by atoms with Crippen LogP contribution in [0.1, 0.15) is 20.3 Å². The van der Waals surface area contributed by atoms with Crippen molar-refractivity contribution in [1.29, 1.82) is 0 Å². The van der Waals surface area contributed by atoms with Crippen molar-refractivity contribution in [3.05, 3.63) is 48.5 Å². The van der Waals surface area contributed by atoms with E-state index in [1.807, 2.05) is 31.2 Å². The van der Waals surface area contributed by atoms with Crippen LogP contribution in [-0.4, -0.2) is 12.7 Å². The number of hydrogen-bond acceptors (Lipinski definition) is 2. The van der Waals surface area contributed by atoms with Gasteiger partial charge >= 0.3 is 0 Å². The molecule has 2 nitrogen and oxygen atoms in total. The van der Waals surface area contributed by atoms with Crippen LogP contribution < -0.4 is 0 Å². The summed E-state index contributed by atoms with van der Waals surface area (Å²) >= 11 is 0. The molecule has 0 saturated carbocycles. The fraction of sp³-hybridized carbons (Fsp3) is 0.385. The number of ether oxygens (including phenoxy) is 2. The van der Waals surface area contributed by atoms with E-state index >= 15 is 0 Å². The average Bonchev–Trinajstić information content (AvgIpc) is 2.27. The van der Waals surface area contributed by atoms with Gasteiger partial charge in [-0.15, -0.1) is 0 Å². The third-order valence-corrected chi connectivity index (χ3v) is 2.13. The normalized spacial score (nSPS) is 26.7. The first-order valence-corrected chi connectivity index (χ1v) is 5.27. The molecule has 0 radical (unpaired) electrons. The molecule has 1 saturated heterocycles. The fourth-order valence-electron chi connectivity index (χ4n) is 1.27. The van der Waals surface area contributed by atoms with E-state index in [-0.39, 0.29) is 6.10 Å². The molecule has 0 aromatic carbocycles. The van der Waals surface area contributed by atoms with E-state index in [1.54, 1.807) is 6.08 Å². The molecule has 1 aliphatic heterocycles. The highest BCUT2D eigenvalue weighted by Gasteiger charge is 2.20. The molecule has 0 aliphatic carbocycles. The zero-order valence-electron chi connectivity index (χ0n) is 9.40. The summed E-state index contributed by atoms with van der Waals surface area (Å²) in [4.78, 5) is 0. The molecular weight excluding hydrogens is 188 g/mol. The van der Waals surface area contributed by atoms with Crippen molar-refractivity contribution in [2.75, 3.05) is 6.61 Å². The minimum atomic E-state index is 0.152. The SMILES string of the molecule is C=C/C=C1/OC(CC)CO/C1=C/C=C\C. The molecule has 15 heavy (non-hydrogen) atoms. The maximum Gasteiger partial charge on any atom is 0.161 e. The van der Waals surface area contributed by atoms with Crippen molar-refractivity contribution < 1.29 is 9.47 Å². The van der Waals surface area contributed by atoms with E-state index in [0.29, 0.717) is 6.61 Å². The van der Waals surface area contributed by atoms with E-state index in [0.717, 1.165) is 17.9 Å². The molecule has 1 heterocycles. The van der Waals surface area contributed by atoms with Crippen LogP contribution in [0, 0.1) is 0 Å².